The Morgan fingerprint density at radius 2 is 1.14 bits per heavy atom. The second kappa shape index (κ2) is 16.5. The molecular weight excluding hydrogens is 980 g/mol. The van der Waals surface area contributed by atoms with E-state index in [1.165, 1.54) is 126 Å². The third-order valence-electron chi connectivity index (χ3n) is 22.6. The normalized spacial score (nSPS) is 22.9. The summed E-state index contributed by atoms with van der Waals surface area (Å²) in [5, 5.41) is 2.31. The van der Waals surface area contributed by atoms with Crippen molar-refractivity contribution in [1.29, 1.82) is 0 Å². The van der Waals surface area contributed by atoms with Crippen LogP contribution in [0.4, 0.5) is 34.1 Å². The minimum Gasteiger partial charge on any atom is -0.456 e. The monoisotopic (exact) mass is 1060 g/mol. The highest BCUT2D eigenvalue weighted by molar-refractivity contribution is 7.00. The Hall–Kier alpha value is -6.78. The van der Waals surface area contributed by atoms with Gasteiger partial charge in [-0.2, -0.15) is 0 Å². The van der Waals surface area contributed by atoms with Gasteiger partial charge in [0.05, 0.1) is 11.1 Å². The predicted molar refractivity (Wildman–Crippen MR) is 344 cm³/mol. The molecular formula is C77H81BN2O. The Balaban J connectivity index is 1.02. The fraction of sp³-hybridized carbons (Fsp3) is 0.377. The summed E-state index contributed by atoms with van der Waals surface area (Å²) in [5.74, 6) is 0.402. The zero-order valence-electron chi connectivity index (χ0n) is 51.0. The van der Waals surface area contributed by atoms with Crippen molar-refractivity contribution in [3.63, 3.8) is 0 Å². The lowest BCUT2D eigenvalue weighted by molar-refractivity contribution is 0.0794. The minimum atomic E-state index is -0.225. The number of aryl methyl sites for hydroxylation is 2. The molecule has 0 radical (unpaired) electrons. The summed E-state index contributed by atoms with van der Waals surface area (Å²) >= 11 is 0. The number of furan rings is 1. The predicted octanol–water partition coefficient (Wildman–Crippen LogP) is 18.7. The van der Waals surface area contributed by atoms with Gasteiger partial charge >= 0.3 is 0 Å². The zero-order chi connectivity index (χ0) is 56.5. The van der Waals surface area contributed by atoms with Gasteiger partial charge in [0, 0.05) is 44.7 Å². The van der Waals surface area contributed by atoms with Crippen LogP contribution in [0.2, 0.25) is 0 Å². The molecule has 0 saturated heterocycles. The standard InChI is InChI=1S/C77H81BN2O/c1-45-35-65-70-66(36-45)80(62-42-56-55(37-46(62)2)72(6,7)44-73(56,8)9)64-43-58-57(74(10,11)51-24-17-18-25-52(51)75(58,12)13)41-60(64)78(70)59-32-29-47(39-63(59)79(65)61-26-22-28-68-69(61)50-23-16-19-27-67(50)81-68)38-53-49-31-30-48(71(3,4)5)40-54(49)77(15)34-21-20-33-76(53,77)14/h16-19,22-32,35-37,39-43,53H,20-21,33-34,38,44H2,1-15H3. The van der Waals surface area contributed by atoms with Crippen LogP contribution >= 0.6 is 0 Å². The van der Waals surface area contributed by atoms with Gasteiger partial charge in [-0.25, -0.2) is 0 Å². The van der Waals surface area contributed by atoms with E-state index in [1.54, 1.807) is 11.1 Å². The van der Waals surface area contributed by atoms with Gasteiger partial charge in [0.25, 0.3) is 6.71 Å². The second-order valence-corrected chi connectivity index (χ2v) is 30.1. The van der Waals surface area contributed by atoms with Gasteiger partial charge in [0.2, 0.25) is 0 Å². The van der Waals surface area contributed by atoms with E-state index in [0.29, 0.717) is 5.92 Å². The van der Waals surface area contributed by atoms with Crippen molar-refractivity contribution < 1.29 is 4.42 Å². The summed E-state index contributed by atoms with van der Waals surface area (Å²) in [6, 6.07) is 55.7. The fourth-order valence-corrected chi connectivity index (χ4v) is 18.3. The molecule has 0 amide bonds. The number of nitrogens with zero attached hydrogens (tertiary/aromatic N) is 2. The van der Waals surface area contributed by atoms with Crippen LogP contribution in [0.3, 0.4) is 0 Å². The van der Waals surface area contributed by atoms with Crippen LogP contribution in [0.15, 0.2) is 144 Å². The Morgan fingerprint density at radius 3 is 1.85 bits per heavy atom. The molecule has 1 fully saturated rings. The number of fused-ring (bicyclic) bond motifs is 13. The molecule has 3 atom stereocenters. The molecule has 8 aromatic carbocycles. The zero-order valence-corrected chi connectivity index (χ0v) is 51.0. The lowest BCUT2D eigenvalue weighted by Gasteiger charge is -2.49. The third-order valence-corrected chi connectivity index (χ3v) is 22.6. The highest BCUT2D eigenvalue weighted by atomic mass is 16.3. The van der Waals surface area contributed by atoms with Crippen molar-refractivity contribution in [2.24, 2.45) is 5.41 Å². The van der Waals surface area contributed by atoms with Crippen molar-refractivity contribution in [3.8, 4) is 0 Å². The molecule has 9 aromatic rings. The van der Waals surface area contributed by atoms with Gasteiger partial charge in [-0.3, -0.25) is 0 Å². The summed E-state index contributed by atoms with van der Waals surface area (Å²) in [6.45, 7) is 36.9. The Morgan fingerprint density at radius 1 is 0.519 bits per heavy atom. The molecule has 1 saturated carbocycles. The van der Waals surface area contributed by atoms with Gasteiger partial charge in [-0.15, -0.1) is 0 Å². The second-order valence-electron chi connectivity index (χ2n) is 30.1. The van der Waals surface area contributed by atoms with Crippen LogP contribution in [0.25, 0.3) is 21.9 Å². The molecule has 0 N–H and O–H groups in total. The molecule has 3 unspecified atom stereocenters. The first kappa shape index (κ1) is 51.1. The summed E-state index contributed by atoms with van der Waals surface area (Å²) < 4.78 is 6.79. The van der Waals surface area contributed by atoms with Crippen molar-refractivity contribution >= 4 is 79.2 Å². The van der Waals surface area contributed by atoms with Crippen LogP contribution in [0.1, 0.15) is 195 Å². The van der Waals surface area contributed by atoms with Crippen LogP contribution in [-0.2, 0) is 38.9 Å². The van der Waals surface area contributed by atoms with Gasteiger partial charge in [-0.1, -0.05) is 194 Å². The van der Waals surface area contributed by atoms with Crippen LogP contribution in [-0.4, -0.2) is 6.71 Å². The van der Waals surface area contributed by atoms with Crippen molar-refractivity contribution in [2.45, 2.75) is 181 Å². The Bertz CT molecular complexity index is 4210. The van der Waals surface area contributed by atoms with Gasteiger partial charge < -0.3 is 14.2 Å². The average molecular weight is 1060 g/mol. The van der Waals surface area contributed by atoms with Crippen LogP contribution in [0, 0.1) is 19.3 Å². The SMILES string of the molecule is Cc1cc2c3c(c1)N(c1cccc4oc5ccccc5c14)c1cc(CC4c5ccc(C(C)(C)C)cc5C5(C)CCCCC45C)ccc1B3c1cc3c(cc1N2c1cc2c(cc1C)C(C)(C)CC2(C)C)C(C)(C)c1ccccc1C3(C)C. The van der Waals surface area contributed by atoms with Crippen molar-refractivity contribution in [1.82, 2.24) is 0 Å². The topological polar surface area (TPSA) is 19.6 Å². The molecule has 2 aliphatic heterocycles. The maximum Gasteiger partial charge on any atom is 0.252 e. The largest absolute Gasteiger partial charge is 0.456 e. The molecule has 3 nitrogen and oxygen atoms in total. The van der Waals surface area contributed by atoms with E-state index in [1.807, 2.05) is 0 Å². The summed E-state index contributed by atoms with van der Waals surface area (Å²) in [4.78, 5) is 5.41. The van der Waals surface area contributed by atoms with Crippen molar-refractivity contribution in [2.75, 3.05) is 9.80 Å². The molecule has 4 heteroatoms. The maximum absolute atomic E-state index is 6.79. The molecule has 6 aliphatic rings. The van der Waals surface area contributed by atoms with Crippen LogP contribution < -0.4 is 26.2 Å². The lowest BCUT2D eigenvalue weighted by atomic mass is 9.33. The number of anilines is 6. The van der Waals surface area contributed by atoms with E-state index in [9.17, 15) is 0 Å². The molecule has 3 heterocycles. The first-order valence-electron chi connectivity index (χ1n) is 30.7. The number of rotatable bonds is 4. The molecule has 15 rings (SSSR count). The molecule has 0 bridgehead atoms. The maximum atomic E-state index is 6.79. The quantitative estimate of drug-likeness (QED) is 0.164. The molecule has 408 valence electrons. The Labute approximate surface area is 483 Å². The highest BCUT2D eigenvalue weighted by Crippen LogP contribution is 2.66. The van der Waals surface area contributed by atoms with Gasteiger partial charge in [-0.05, 0) is 204 Å². The van der Waals surface area contributed by atoms with E-state index in [2.05, 4.69) is 253 Å². The van der Waals surface area contributed by atoms with E-state index in [4.69, 9.17) is 4.42 Å². The van der Waals surface area contributed by atoms with E-state index >= 15 is 0 Å². The third kappa shape index (κ3) is 6.83. The molecule has 0 spiro atoms. The summed E-state index contributed by atoms with van der Waals surface area (Å²) in [7, 11) is 0. The first-order chi connectivity index (χ1) is 38.3. The summed E-state index contributed by atoms with van der Waals surface area (Å²) in [6.07, 6.45) is 7.22. The van der Waals surface area contributed by atoms with E-state index in [-0.39, 0.29) is 44.6 Å². The molecule has 1 aromatic heterocycles. The smallest absolute Gasteiger partial charge is 0.252 e. The van der Waals surface area contributed by atoms with Gasteiger partial charge in [0.15, 0.2) is 0 Å². The van der Waals surface area contributed by atoms with E-state index in [0.717, 1.165) is 40.5 Å². The first-order valence-corrected chi connectivity index (χ1v) is 30.7. The number of hydrogen-bond acceptors (Lipinski definition) is 3. The molecule has 4 aliphatic carbocycles. The fourth-order valence-electron chi connectivity index (χ4n) is 18.3. The number of benzene rings is 8. The van der Waals surface area contributed by atoms with Crippen molar-refractivity contribution in [3.05, 3.63) is 206 Å². The van der Waals surface area contributed by atoms with Crippen LogP contribution in [0.5, 0.6) is 0 Å². The van der Waals surface area contributed by atoms with E-state index < -0.39 is 0 Å². The highest BCUT2D eigenvalue weighted by Gasteiger charge is 2.58. The molecule has 81 heavy (non-hydrogen) atoms. The summed E-state index contributed by atoms with van der Waals surface area (Å²) in [5.41, 5.74) is 30.9. The number of para-hydroxylation sites is 1. The Kier molecular flexibility index (Phi) is 10.4. The average Bonchev–Trinajstić information content (AvgIpc) is 4.19. The minimum absolute atomic E-state index is 0.0303. The number of hydrogen-bond donors (Lipinski definition) is 0. The van der Waals surface area contributed by atoms with Gasteiger partial charge in [0.1, 0.15) is 11.2 Å². The lowest BCUT2D eigenvalue weighted by Crippen LogP contribution is -2.62.